The third kappa shape index (κ3) is 3.83. The molecule has 1 aliphatic rings. The Morgan fingerprint density at radius 3 is 2.62 bits per heavy atom. The molecule has 3 aromatic carbocycles. The van der Waals surface area contributed by atoms with Crippen LogP contribution >= 0.6 is 0 Å². The van der Waals surface area contributed by atoms with Crippen molar-refractivity contribution < 1.29 is 14.3 Å². The van der Waals surface area contributed by atoms with E-state index in [1.165, 1.54) is 0 Å². The van der Waals surface area contributed by atoms with Gasteiger partial charge in [-0.2, -0.15) is 5.10 Å². The van der Waals surface area contributed by atoms with Gasteiger partial charge >= 0.3 is 0 Å². The zero-order valence-corrected chi connectivity index (χ0v) is 17.7. The molecule has 0 saturated heterocycles. The monoisotopic (exact) mass is 425 g/mol. The number of hydrogen-bond donors (Lipinski definition) is 1. The highest BCUT2D eigenvalue weighted by atomic mass is 16.5. The summed E-state index contributed by atoms with van der Waals surface area (Å²) in [5, 5.41) is 6.84. The molecular formula is C26H23N3O3. The Morgan fingerprint density at radius 2 is 1.84 bits per heavy atom. The number of hydrogen-bond acceptors (Lipinski definition) is 4. The minimum atomic E-state index is -0.261. The van der Waals surface area contributed by atoms with Crippen LogP contribution in [-0.2, 0) is 6.54 Å². The van der Waals surface area contributed by atoms with Crippen molar-refractivity contribution in [2.45, 2.75) is 12.6 Å². The molecule has 6 nitrogen and oxygen atoms in total. The Morgan fingerprint density at radius 1 is 1.00 bits per heavy atom. The van der Waals surface area contributed by atoms with Crippen molar-refractivity contribution in [3.05, 3.63) is 102 Å². The number of rotatable bonds is 7. The minimum Gasteiger partial charge on any atom is -0.497 e. The molecule has 1 amide bonds. The Balaban J connectivity index is 1.46. The van der Waals surface area contributed by atoms with E-state index in [2.05, 4.69) is 10.2 Å². The second kappa shape index (κ2) is 8.59. The second-order valence-electron chi connectivity index (χ2n) is 7.71. The zero-order valence-electron chi connectivity index (χ0n) is 17.7. The molecule has 0 saturated carbocycles. The van der Waals surface area contributed by atoms with Crippen molar-refractivity contribution in [2.24, 2.45) is 0 Å². The molecule has 4 aromatic rings. The molecule has 32 heavy (non-hydrogen) atoms. The molecular weight excluding hydrogens is 402 g/mol. The summed E-state index contributed by atoms with van der Waals surface area (Å²) >= 11 is 0. The van der Waals surface area contributed by atoms with Gasteiger partial charge in [0.1, 0.15) is 18.1 Å². The molecule has 6 heteroatoms. The number of carbonyl (C=O) groups is 1. The van der Waals surface area contributed by atoms with Gasteiger partial charge in [0.05, 0.1) is 19.3 Å². The number of amides is 1. The van der Waals surface area contributed by atoms with E-state index in [0.29, 0.717) is 13.2 Å². The van der Waals surface area contributed by atoms with Crippen LogP contribution in [0.4, 0.5) is 0 Å². The average Bonchev–Trinajstić information content (AvgIpc) is 3.49. The molecule has 1 atom stereocenters. The predicted molar refractivity (Wildman–Crippen MR) is 122 cm³/mol. The molecule has 5 rings (SSSR count). The first-order valence-corrected chi connectivity index (χ1v) is 10.5. The SMILES string of the molecule is COc1cccc(C(COc2ccccc2)N2Cc3ccc(-c4cn[nH]c4)cc3C2=O)c1. The summed E-state index contributed by atoms with van der Waals surface area (Å²) in [5.41, 5.74) is 4.62. The van der Waals surface area contributed by atoms with Gasteiger partial charge in [-0.3, -0.25) is 9.89 Å². The molecule has 160 valence electrons. The van der Waals surface area contributed by atoms with Crippen molar-refractivity contribution in [1.29, 1.82) is 0 Å². The van der Waals surface area contributed by atoms with Gasteiger partial charge in [-0.15, -0.1) is 0 Å². The van der Waals surface area contributed by atoms with E-state index in [-0.39, 0.29) is 11.9 Å². The van der Waals surface area contributed by atoms with Gasteiger partial charge in [-0.25, -0.2) is 0 Å². The smallest absolute Gasteiger partial charge is 0.255 e. The normalized spacial score (nSPS) is 13.7. The highest BCUT2D eigenvalue weighted by molar-refractivity contribution is 5.99. The van der Waals surface area contributed by atoms with Gasteiger partial charge in [0, 0.05) is 23.9 Å². The predicted octanol–water partition coefficient (Wildman–Crippen LogP) is 4.86. The maximum absolute atomic E-state index is 13.5. The van der Waals surface area contributed by atoms with Crippen LogP contribution < -0.4 is 9.47 Å². The topological polar surface area (TPSA) is 67.5 Å². The third-order valence-corrected chi connectivity index (χ3v) is 5.78. The van der Waals surface area contributed by atoms with Gasteiger partial charge < -0.3 is 14.4 Å². The van der Waals surface area contributed by atoms with E-state index in [4.69, 9.17) is 9.47 Å². The first-order valence-electron chi connectivity index (χ1n) is 10.5. The molecule has 1 aliphatic heterocycles. The molecule has 0 aliphatic carbocycles. The van der Waals surface area contributed by atoms with Crippen LogP contribution in [0, 0.1) is 0 Å². The van der Waals surface area contributed by atoms with E-state index in [0.717, 1.165) is 39.3 Å². The lowest BCUT2D eigenvalue weighted by atomic mass is 10.0. The Bertz CT molecular complexity index is 1220. The van der Waals surface area contributed by atoms with E-state index in [1.807, 2.05) is 83.9 Å². The highest BCUT2D eigenvalue weighted by Gasteiger charge is 2.34. The highest BCUT2D eigenvalue weighted by Crippen LogP contribution is 2.35. The number of ether oxygens (including phenoxy) is 2. The van der Waals surface area contributed by atoms with Crippen LogP contribution in [-0.4, -0.2) is 34.7 Å². The standard InChI is InChI=1S/C26H23N3O3/c1-31-23-9-5-6-19(12-23)25(17-32-22-7-3-2-4-8-22)29-16-20-11-10-18(13-24(20)26(29)30)21-14-27-28-15-21/h2-15,25H,16-17H2,1H3,(H,27,28). The Hall–Kier alpha value is -4.06. The van der Waals surface area contributed by atoms with Crippen molar-refractivity contribution in [2.75, 3.05) is 13.7 Å². The van der Waals surface area contributed by atoms with Crippen LogP contribution in [0.3, 0.4) is 0 Å². The number of fused-ring (bicyclic) bond motifs is 1. The first kappa shape index (κ1) is 19.9. The molecule has 0 fully saturated rings. The van der Waals surface area contributed by atoms with Crippen LogP contribution in [0.1, 0.15) is 27.5 Å². The van der Waals surface area contributed by atoms with Gasteiger partial charge in [0.15, 0.2) is 0 Å². The molecule has 2 heterocycles. The maximum atomic E-state index is 13.5. The number of para-hydroxylation sites is 1. The number of nitrogens with one attached hydrogen (secondary N) is 1. The number of aromatic nitrogens is 2. The van der Waals surface area contributed by atoms with Gasteiger partial charge in [-0.05, 0) is 47.0 Å². The number of H-pyrrole nitrogens is 1. The van der Waals surface area contributed by atoms with Crippen LogP contribution in [0.25, 0.3) is 11.1 Å². The van der Waals surface area contributed by atoms with Crippen molar-refractivity contribution in [1.82, 2.24) is 15.1 Å². The fourth-order valence-corrected chi connectivity index (χ4v) is 4.07. The molecule has 0 bridgehead atoms. The average molecular weight is 425 g/mol. The summed E-state index contributed by atoms with van der Waals surface area (Å²) in [7, 11) is 1.64. The molecule has 0 spiro atoms. The lowest BCUT2D eigenvalue weighted by Gasteiger charge is -2.28. The van der Waals surface area contributed by atoms with Crippen LogP contribution in [0.5, 0.6) is 11.5 Å². The lowest BCUT2D eigenvalue weighted by molar-refractivity contribution is 0.0635. The summed E-state index contributed by atoms with van der Waals surface area (Å²) in [5.74, 6) is 1.51. The van der Waals surface area contributed by atoms with Gasteiger partial charge in [0.25, 0.3) is 5.91 Å². The van der Waals surface area contributed by atoms with Gasteiger partial charge in [-0.1, -0.05) is 42.5 Å². The van der Waals surface area contributed by atoms with Crippen molar-refractivity contribution in [3.63, 3.8) is 0 Å². The van der Waals surface area contributed by atoms with E-state index in [1.54, 1.807) is 13.3 Å². The summed E-state index contributed by atoms with van der Waals surface area (Å²) in [6.45, 7) is 0.866. The summed E-state index contributed by atoms with van der Waals surface area (Å²) in [4.78, 5) is 15.4. The van der Waals surface area contributed by atoms with E-state index >= 15 is 0 Å². The van der Waals surface area contributed by atoms with E-state index in [9.17, 15) is 4.79 Å². The Kier molecular flexibility index (Phi) is 5.34. The van der Waals surface area contributed by atoms with Gasteiger partial charge in [0.2, 0.25) is 0 Å². The number of nitrogens with zero attached hydrogens (tertiary/aromatic N) is 2. The molecule has 1 aromatic heterocycles. The second-order valence-corrected chi connectivity index (χ2v) is 7.71. The number of methoxy groups -OCH3 is 1. The zero-order chi connectivity index (χ0) is 21.9. The maximum Gasteiger partial charge on any atom is 0.255 e. The molecule has 1 N–H and O–H groups in total. The fourth-order valence-electron chi connectivity index (χ4n) is 4.07. The summed E-state index contributed by atoms with van der Waals surface area (Å²) in [6.07, 6.45) is 3.58. The third-order valence-electron chi connectivity index (χ3n) is 5.78. The molecule has 0 radical (unpaired) electrons. The molecule has 1 unspecified atom stereocenters. The lowest BCUT2D eigenvalue weighted by Crippen LogP contribution is -2.33. The largest absolute Gasteiger partial charge is 0.497 e. The van der Waals surface area contributed by atoms with E-state index < -0.39 is 0 Å². The quantitative estimate of drug-likeness (QED) is 0.459. The minimum absolute atomic E-state index is 0.00479. The number of benzene rings is 3. The van der Waals surface area contributed by atoms with Crippen molar-refractivity contribution >= 4 is 5.91 Å². The van der Waals surface area contributed by atoms with Crippen LogP contribution in [0.2, 0.25) is 0 Å². The van der Waals surface area contributed by atoms with Crippen LogP contribution in [0.15, 0.2) is 85.2 Å². The Labute approximate surface area is 186 Å². The fraction of sp³-hybridized carbons (Fsp3) is 0.154. The first-order chi connectivity index (χ1) is 15.7. The van der Waals surface area contributed by atoms with Crippen molar-refractivity contribution in [3.8, 4) is 22.6 Å². The number of carbonyl (C=O) groups excluding carboxylic acids is 1. The summed E-state index contributed by atoms with van der Waals surface area (Å²) in [6, 6.07) is 23.2. The summed E-state index contributed by atoms with van der Waals surface area (Å²) < 4.78 is 11.5. The number of aromatic amines is 1.